The van der Waals surface area contributed by atoms with Gasteiger partial charge in [0.2, 0.25) is 0 Å². The van der Waals surface area contributed by atoms with Crippen LogP contribution in [-0.4, -0.2) is 40.4 Å². The molecule has 0 amide bonds. The molecule has 4 N–H and O–H groups in total. The molecule has 0 bridgehead atoms. The highest BCUT2D eigenvalue weighted by Gasteiger charge is 2.42. The van der Waals surface area contributed by atoms with E-state index in [2.05, 4.69) is 37.7 Å². The molecular formula is C23H39N5O. The summed E-state index contributed by atoms with van der Waals surface area (Å²) in [6.45, 7) is 14.9. The summed E-state index contributed by atoms with van der Waals surface area (Å²) >= 11 is 0. The first-order chi connectivity index (χ1) is 13.5. The maximum absolute atomic E-state index is 6.17. The summed E-state index contributed by atoms with van der Waals surface area (Å²) < 4.78 is 7.80. The van der Waals surface area contributed by atoms with Crippen molar-refractivity contribution in [3.8, 4) is 0 Å². The quantitative estimate of drug-likeness (QED) is 0.565. The van der Waals surface area contributed by atoms with Crippen molar-refractivity contribution in [2.24, 2.45) is 41.7 Å². The molecule has 2 fully saturated rings. The molecular weight excluding hydrogens is 362 g/mol. The first-order valence-electron chi connectivity index (χ1n) is 10.9. The van der Waals surface area contributed by atoms with Crippen molar-refractivity contribution in [2.75, 3.05) is 19.6 Å². The zero-order valence-electron chi connectivity index (χ0n) is 19.0. The van der Waals surface area contributed by atoms with Gasteiger partial charge in [-0.3, -0.25) is 4.68 Å². The van der Waals surface area contributed by atoms with Crippen LogP contribution in [0.4, 0.5) is 0 Å². The van der Waals surface area contributed by atoms with Gasteiger partial charge < -0.3 is 21.1 Å². The Morgan fingerprint density at radius 1 is 1.24 bits per heavy atom. The van der Waals surface area contributed by atoms with E-state index in [1.54, 1.807) is 10.8 Å². The zero-order chi connectivity index (χ0) is 21.3. The molecule has 1 saturated carbocycles. The minimum Gasteiger partial charge on any atom is -0.476 e. The highest BCUT2D eigenvalue weighted by molar-refractivity contribution is 5.65. The molecule has 2 aliphatic rings. The molecule has 2 heterocycles. The number of aryl methyl sites for hydroxylation is 2. The fourth-order valence-electron chi connectivity index (χ4n) is 4.62. The lowest BCUT2D eigenvalue weighted by atomic mass is 9.82. The molecule has 0 aromatic carbocycles. The van der Waals surface area contributed by atoms with Crippen LogP contribution in [0.25, 0.3) is 5.70 Å². The largest absolute Gasteiger partial charge is 0.476 e. The third-order valence-electron chi connectivity index (χ3n) is 6.85. The van der Waals surface area contributed by atoms with Crippen molar-refractivity contribution in [1.29, 1.82) is 0 Å². The number of likely N-dealkylation sites (tertiary alicyclic amines) is 1. The molecule has 1 aromatic heterocycles. The number of hydrogen-bond acceptors (Lipinski definition) is 5. The maximum atomic E-state index is 6.17. The van der Waals surface area contributed by atoms with Gasteiger partial charge in [-0.1, -0.05) is 27.7 Å². The van der Waals surface area contributed by atoms with E-state index in [0.29, 0.717) is 22.9 Å². The van der Waals surface area contributed by atoms with Gasteiger partial charge in [-0.2, -0.15) is 5.10 Å². The van der Waals surface area contributed by atoms with E-state index in [4.69, 9.17) is 16.2 Å². The van der Waals surface area contributed by atoms with Gasteiger partial charge in [0.1, 0.15) is 6.10 Å². The van der Waals surface area contributed by atoms with Crippen molar-refractivity contribution in [3.63, 3.8) is 0 Å². The fraction of sp³-hybridized carbons (Fsp3) is 0.696. The van der Waals surface area contributed by atoms with Gasteiger partial charge in [-0.05, 0) is 55.1 Å². The van der Waals surface area contributed by atoms with Crippen LogP contribution in [0.1, 0.15) is 51.8 Å². The lowest BCUT2D eigenvalue weighted by Crippen LogP contribution is -2.33. The summed E-state index contributed by atoms with van der Waals surface area (Å²) in [6, 6.07) is 0. The SMILES string of the molecule is Cc1nn(C)cc1/C(N)=C/C=C(\N)OC1CC2CN(CC(C)C(C)(C)C)CC2C1. The van der Waals surface area contributed by atoms with Gasteiger partial charge in [-0.15, -0.1) is 0 Å². The van der Waals surface area contributed by atoms with Crippen molar-refractivity contribution < 1.29 is 4.74 Å². The molecule has 3 rings (SSSR count). The minimum atomic E-state index is 0.221. The van der Waals surface area contributed by atoms with E-state index in [0.717, 1.165) is 35.9 Å². The average molecular weight is 402 g/mol. The van der Waals surface area contributed by atoms with Gasteiger partial charge in [0.05, 0.1) is 5.69 Å². The number of ether oxygens (including phenoxy) is 1. The predicted molar refractivity (Wildman–Crippen MR) is 119 cm³/mol. The van der Waals surface area contributed by atoms with E-state index in [1.165, 1.54) is 19.6 Å². The molecule has 1 saturated heterocycles. The molecule has 162 valence electrons. The second kappa shape index (κ2) is 8.42. The average Bonchev–Trinajstić information content (AvgIpc) is 3.24. The van der Waals surface area contributed by atoms with E-state index >= 15 is 0 Å². The van der Waals surface area contributed by atoms with E-state index < -0.39 is 0 Å². The number of hydrogen-bond donors (Lipinski definition) is 2. The van der Waals surface area contributed by atoms with Crippen LogP contribution in [0.3, 0.4) is 0 Å². The van der Waals surface area contributed by atoms with Crippen LogP contribution in [0.15, 0.2) is 24.2 Å². The monoisotopic (exact) mass is 401 g/mol. The van der Waals surface area contributed by atoms with Crippen LogP contribution < -0.4 is 11.5 Å². The van der Waals surface area contributed by atoms with E-state index in [9.17, 15) is 0 Å². The van der Waals surface area contributed by atoms with E-state index in [1.807, 2.05) is 26.2 Å². The molecule has 0 radical (unpaired) electrons. The summed E-state index contributed by atoms with van der Waals surface area (Å²) in [5, 5.41) is 4.32. The van der Waals surface area contributed by atoms with Gasteiger partial charge in [-0.25, -0.2) is 0 Å². The molecule has 3 unspecified atom stereocenters. The Labute approximate surface area is 175 Å². The Hall–Kier alpha value is -1.95. The fourth-order valence-corrected chi connectivity index (χ4v) is 4.62. The van der Waals surface area contributed by atoms with Gasteiger partial charge in [0.25, 0.3) is 0 Å². The second-order valence-electron chi connectivity index (χ2n) is 10.2. The Kier molecular flexibility index (Phi) is 6.32. The number of nitrogens with zero attached hydrogens (tertiary/aromatic N) is 3. The lowest BCUT2D eigenvalue weighted by Gasteiger charge is -2.31. The second-order valence-corrected chi connectivity index (χ2v) is 10.2. The Morgan fingerprint density at radius 2 is 1.86 bits per heavy atom. The van der Waals surface area contributed by atoms with Crippen LogP contribution in [-0.2, 0) is 11.8 Å². The molecule has 6 nitrogen and oxygen atoms in total. The number of aromatic nitrogens is 2. The summed E-state index contributed by atoms with van der Waals surface area (Å²) in [4.78, 5) is 2.65. The van der Waals surface area contributed by atoms with Crippen molar-refractivity contribution >= 4 is 5.70 Å². The Balaban J connectivity index is 1.49. The van der Waals surface area contributed by atoms with Gasteiger partial charge in [0.15, 0.2) is 5.88 Å². The summed E-state index contributed by atoms with van der Waals surface area (Å²) in [7, 11) is 1.89. The molecule has 1 aromatic rings. The summed E-state index contributed by atoms with van der Waals surface area (Å²) in [5.74, 6) is 2.61. The summed E-state index contributed by atoms with van der Waals surface area (Å²) in [6.07, 6.45) is 7.91. The minimum absolute atomic E-state index is 0.221. The first-order valence-corrected chi connectivity index (χ1v) is 10.9. The molecule has 3 atom stereocenters. The van der Waals surface area contributed by atoms with Crippen LogP contribution >= 0.6 is 0 Å². The van der Waals surface area contributed by atoms with Gasteiger partial charge >= 0.3 is 0 Å². The molecule has 1 aliphatic carbocycles. The topological polar surface area (TPSA) is 82.3 Å². The van der Waals surface area contributed by atoms with Crippen LogP contribution in [0, 0.1) is 30.1 Å². The Morgan fingerprint density at radius 3 is 2.38 bits per heavy atom. The third kappa shape index (κ3) is 5.35. The first kappa shape index (κ1) is 21.8. The number of fused-ring (bicyclic) bond motifs is 1. The maximum Gasteiger partial charge on any atom is 0.184 e. The Bertz CT molecular complexity index is 759. The standard InChI is InChI=1S/C23H39N5O/c1-15(23(3,4)5)11-28-12-17-9-19(10-18(17)13-28)29-22(25)8-7-21(24)20-14-27(6)26-16(20)2/h7-8,14-15,17-19H,9-13,24-25H2,1-6H3/b21-7-,22-8+. The summed E-state index contributed by atoms with van der Waals surface area (Å²) in [5.41, 5.74) is 15.1. The third-order valence-corrected chi connectivity index (χ3v) is 6.85. The zero-order valence-corrected chi connectivity index (χ0v) is 19.0. The predicted octanol–water partition coefficient (Wildman–Crippen LogP) is 3.24. The van der Waals surface area contributed by atoms with Crippen molar-refractivity contribution in [2.45, 2.75) is 53.6 Å². The van der Waals surface area contributed by atoms with Crippen LogP contribution in [0.5, 0.6) is 0 Å². The molecule has 0 spiro atoms. The number of nitrogens with two attached hydrogens (primary N) is 2. The lowest BCUT2D eigenvalue weighted by molar-refractivity contribution is 0.103. The smallest absolute Gasteiger partial charge is 0.184 e. The van der Waals surface area contributed by atoms with Crippen molar-refractivity contribution in [3.05, 3.63) is 35.5 Å². The molecule has 29 heavy (non-hydrogen) atoms. The molecule has 1 aliphatic heterocycles. The highest BCUT2D eigenvalue weighted by Crippen LogP contribution is 2.40. The highest BCUT2D eigenvalue weighted by atomic mass is 16.5. The molecule has 6 heteroatoms. The van der Waals surface area contributed by atoms with Crippen molar-refractivity contribution in [1.82, 2.24) is 14.7 Å². The van der Waals surface area contributed by atoms with Gasteiger partial charge in [0, 0.05) is 44.1 Å². The number of rotatable bonds is 6. The number of allylic oxidation sites excluding steroid dienone is 2. The normalized spacial score (nSPS) is 27.3. The van der Waals surface area contributed by atoms with E-state index in [-0.39, 0.29) is 6.10 Å². The van der Waals surface area contributed by atoms with Crippen LogP contribution in [0.2, 0.25) is 0 Å².